The average Bonchev–Trinajstić information content (AvgIpc) is 2.15. The molecule has 0 aliphatic heterocycles. The molecule has 0 radical (unpaired) electrons. The summed E-state index contributed by atoms with van der Waals surface area (Å²) in [5, 5.41) is 11.7. The van der Waals surface area contributed by atoms with Gasteiger partial charge in [-0.3, -0.25) is 0 Å². The van der Waals surface area contributed by atoms with Crippen LogP contribution in [0.4, 0.5) is 13.2 Å². The zero-order valence-corrected chi connectivity index (χ0v) is 9.52. The summed E-state index contributed by atoms with van der Waals surface area (Å²) >= 11 is 0. The lowest BCUT2D eigenvalue weighted by atomic mass is 10.1. The average molecular weight is 243 g/mol. The highest BCUT2D eigenvalue weighted by molar-refractivity contribution is 4.56. The van der Waals surface area contributed by atoms with Crippen LogP contribution in [-0.4, -0.2) is 44.2 Å². The van der Waals surface area contributed by atoms with Crippen LogP contribution in [0.15, 0.2) is 0 Å². The zero-order chi connectivity index (χ0) is 12.4. The second-order valence-electron chi connectivity index (χ2n) is 3.84. The first-order chi connectivity index (χ1) is 7.45. The maximum Gasteiger partial charge on any atom is 0.411 e. The van der Waals surface area contributed by atoms with Crippen LogP contribution in [0.2, 0.25) is 0 Å². The van der Waals surface area contributed by atoms with Gasteiger partial charge in [0.1, 0.15) is 6.61 Å². The first kappa shape index (κ1) is 15.7. The maximum atomic E-state index is 11.7. The number of hydrogen-bond donors (Lipinski definition) is 2. The van der Waals surface area contributed by atoms with Gasteiger partial charge in [-0.05, 0) is 31.8 Å². The van der Waals surface area contributed by atoms with Gasteiger partial charge in [-0.25, -0.2) is 0 Å². The lowest BCUT2D eigenvalue weighted by Crippen LogP contribution is -2.24. The fraction of sp³-hybridized carbons (Fsp3) is 1.00. The predicted molar refractivity (Wildman–Crippen MR) is 55.2 cm³/mol. The summed E-state index contributed by atoms with van der Waals surface area (Å²) in [5.74, 6) is 0.376. The largest absolute Gasteiger partial charge is 0.411 e. The van der Waals surface area contributed by atoms with Crippen LogP contribution in [-0.2, 0) is 4.74 Å². The SMILES string of the molecule is CC(CCO)CNCCCOCC(F)(F)F. The summed E-state index contributed by atoms with van der Waals surface area (Å²) in [6, 6.07) is 0. The van der Waals surface area contributed by atoms with Crippen molar-refractivity contribution < 1.29 is 23.0 Å². The molecule has 0 spiro atoms. The maximum absolute atomic E-state index is 11.7. The molecule has 6 heteroatoms. The molecular formula is C10H20F3NO2. The van der Waals surface area contributed by atoms with Crippen LogP contribution in [0.25, 0.3) is 0 Å². The molecule has 98 valence electrons. The number of aliphatic hydroxyl groups is 1. The number of nitrogens with one attached hydrogen (secondary N) is 1. The Kier molecular flexibility index (Phi) is 8.60. The van der Waals surface area contributed by atoms with Crippen molar-refractivity contribution in [1.82, 2.24) is 5.32 Å². The zero-order valence-electron chi connectivity index (χ0n) is 9.52. The first-order valence-electron chi connectivity index (χ1n) is 5.42. The Labute approximate surface area is 94.0 Å². The van der Waals surface area contributed by atoms with Gasteiger partial charge in [-0.1, -0.05) is 6.92 Å². The van der Waals surface area contributed by atoms with E-state index in [1.165, 1.54) is 0 Å². The molecule has 1 unspecified atom stereocenters. The highest BCUT2D eigenvalue weighted by Crippen LogP contribution is 2.14. The van der Waals surface area contributed by atoms with Crippen molar-refractivity contribution >= 4 is 0 Å². The van der Waals surface area contributed by atoms with Gasteiger partial charge in [0.15, 0.2) is 0 Å². The third-order valence-electron chi connectivity index (χ3n) is 2.02. The van der Waals surface area contributed by atoms with E-state index >= 15 is 0 Å². The molecule has 0 heterocycles. The van der Waals surface area contributed by atoms with Crippen LogP contribution >= 0.6 is 0 Å². The molecule has 3 nitrogen and oxygen atoms in total. The fourth-order valence-electron chi connectivity index (χ4n) is 1.16. The molecule has 1 atom stereocenters. The molecule has 0 aliphatic rings. The van der Waals surface area contributed by atoms with E-state index in [1.807, 2.05) is 6.92 Å². The first-order valence-corrected chi connectivity index (χ1v) is 5.42. The van der Waals surface area contributed by atoms with Crippen LogP contribution in [0.3, 0.4) is 0 Å². The Morgan fingerprint density at radius 1 is 1.38 bits per heavy atom. The Hall–Kier alpha value is -0.330. The third kappa shape index (κ3) is 11.7. The number of hydrogen-bond acceptors (Lipinski definition) is 3. The van der Waals surface area contributed by atoms with E-state index in [9.17, 15) is 13.2 Å². The summed E-state index contributed by atoms with van der Waals surface area (Å²) < 4.78 is 39.4. The van der Waals surface area contributed by atoms with Crippen LogP contribution in [0, 0.1) is 5.92 Å². The Morgan fingerprint density at radius 2 is 2.06 bits per heavy atom. The van der Waals surface area contributed by atoms with Crippen molar-refractivity contribution in [3.63, 3.8) is 0 Å². The van der Waals surface area contributed by atoms with Crippen LogP contribution in [0.5, 0.6) is 0 Å². The second kappa shape index (κ2) is 8.78. The van der Waals surface area contributed by atoms with Gasteiger partial charge in [0.2, 0.25) is 0 Å². The lowest BCUT2D eigenvalue weighted by molar-refractivity contribution is -0.173. The van der Waals surface area contributed by atoms with E-state index in [-0.39, 0.29) is 13.2 Å². The Morgan fingerprint density at radius 3 is 2.62 bits per heavy atom. The highest BCUT2D eigenvalue weighted by Gasteiger charge is 2.27. The van der Waals surface area contributed by atoms with Gasteiger partial charge in [-0.2, -0.15) is 13.2 Å². The van der Waals surface area contributed by atoms with Crippen molar-refractivity contribution in [2.45, 2.75) is 25.9 Å². The van der Waals surface area contributed by atoms with Gasteiger partial charge in [-0.15, -0.1) is 0 Å². The van der Waals surface area contributed by atoms with Gasteiger partial charge >= 0.3 is 6.18 Å². The Balaban J connectivity index is 3.16. The molecule has 0 aromatic rings. The number of rotatable bonds is 9. The van der Waals surface area contributed by atoms with Gasteiger partial charge in [0, 0.05) is 13.2 Å². The monoisotopic (exact) mass is 243 g/mol. The summed E-state index contributed by atoms with van der Waals surface area (Å²) in [6.45, 7) is 2.50. The minimum Gasteiger partial charge on any atom is -0.396 e. The Bertz CT molecular complexity index is 165. The van der Waals surface area contributed by atoms with E-state index in [0.29, 0.717) is 18.9 Å². The van der Waals surface area contributed by atoms with E-state index in [0.717, 1.165) is 13.0 Å². The number of aliphatic hydroxyl groups excluding tert-OH is 1. The van der Waals surface area contributed by atoms with Crippen LogP contribution in [0.1, 0.15) is 19.8 Å². The van der Waals surface area contributed by atoms with Crippen molar-refractivity contribution in [3.8, 4) is 0 Å². The molecule has 0 saturated carbocycles. The summed E-state index contributed by atoms with van der Waals surface area (Å²) in [4.78, 5) is 0. The minimum atomic E-state index is -4.23. The van der Waals surface area contributed by atoms with E-state index in [4.69, 9.17) is 5.11 Å². The molecular weight excluding hydrogens is 223 g/mol. The van der Waals surface area contributed by atoms with E-state index in [1.54, 1.807) is 0 Å². The smallest absolute Gasteiger partial charge is 0.396 e. The molecule has 16 heavy (non-hydrogen) atoms. The summed E-state index contributed by atoms with van der Waals surface area (Å²) in [5.41, 5.74) is 0. The molecule has 0 fully saturated rings. The summed E-state index contributed by atoms with van der Waals surface area (Å²) in [6.07, 6.45) is -2.94. The summed E-state index contributed by atoms with van der Waals surface area (Å²) in [7, 11) is 0. The fourth-order valence-corrected chi connectivity index (χ4v) is 1.16. The van der Waals surface area contributed by atoms with Crippen molar-refractivity contribution in [2.75, 3.05) is 32.9 Å². The number of ether oxygens (including phenoxy) is 1. The molecule has 0 bridgehead atoms. The number of alkyl halides is 3. The van der Waals surface area contributed by atoms with Crippen molar-refractivity contribution in [3.05, 3.63) is 0 Å². The third-order valence-corrected chi connectivity index (χ3v) is 2.02. The topological polar surface area (TPSA) is 41.5 Å². The quantitative estimate of drug-likeness (QED) is 0.604. The molecule has 0 saturated heterocycles. The molecule has 0 aromatic carbocycles. The molecule has 0 rings (SSSR count). The van der Waals surface area contributed by atoms with E-state index in [2.05, 4.69) is 10.1 Å². The molecule has 0 amide bonds. The molecule has 2 N–H and O–H groups in total. The minimum absolute atomic E-state index is 0.112. The van der Waals surface area contributed by atoms with Gasteiger partial charge < -0.3 is 15.2 Å². The van der Waals surface area contributed by atoms with E-state index < -0.39 is 12.8 Å². The molecule has 0 aliphatic carbocycles. The van der Waals surface area contributed by atoms with Gasteiger partial charge in [0.05, 0.1) is 0 Å². The number of halogens is 3. The lowest BCUT2D eigenvalue weighted by Gasteiger charge is -2.11. The normalized spacial score (nSPS) is 14.1. The van der Waals surface area contributed by atoms with Crippen LogP contribution < -0.4 is 5.32 Å². The van der Waals surface area contributed by atoms with Crippen molar-refractivity contribution in [2.24, 2.45) is 5.92 Å². The predicted octanol–water partition coefficient (Wildman–Crippen LogP) is 1.56. The highest BCUT2D eigenvalue weighted by atomic mass is 19.4. The standard InChI is InChI=1S/C10H20F3NO2/c1-9(3-5-15)7-14-4-2-6-16-8-10(11,12)13/h9,14-15H,2-8H2,1H3. The second-order valence-corrected chi connectivity index (χ2v) is 3.84. The van der Waals surface area contributed by atoms with Crippen molar-refractivity contribution in [1.29, 1.82) is 0 Å². The van der Waals surface area contributed by atoms with Gasteiger partial charge in [0.25, 0.3) is 0 Å². The molecule has 0 aromatic heterocycles.